The van der Waals surface area contributed by atoms with Gasteiger partial charge in [0.15, 0.2) is 6.61 Å². The molecule has 1 aromatic heterocycles. The maximum Gasteiger partial charge on any atom is 0.416 e. The lowest BCUT2D eigenvalue weighted by atomic mass is 10.2. The Hall–Kier alpha value is -4.01. The number of ether oxygens (including phenoxy) is 1. The SMILES string of the molecule is O=C(OCC(=O)N(N=Cc1ccccc1)c1cccc(C(F)(F)F)c1)c1ccccn1. The van der Waals surface area contributed by atoms with E-state index in [4.69, 9.17) is 4.74 Å². The number of hydrogen-bond donors (Lipinski definition) is 0. The smallest absolute Gasteiger partial charge is 0.416 e. The fourth-order valence-corrected chi connectivity index (χ4v) is 2.50. The summed E-state index contributed by atoms with van der Waals surface area (Å²) in [5, 5.41) is 4.78. The number of nitrogens with zero attached hydrogens (tertiary/aromatic N) is 3. The van der Waals surface area contributed by atoms with Crippen LogP contribution in [0.1, 0.15) is 21.6 Å². The highest BCUT2D eigenvalue weighted by molar-refractivity contribution is 5.97. The van der Waals surface area contributed by atoms with Gasteiger partial charge in [-0.25, -0.2) is 9.78 Å². The van der Waals surface area contributed by atoms with Crippen LogP contribution < -0.4 is 5.01 Å². The van der Waals surface area contributed by atoms with Crippen LogP contribution in [0.2, 0.25) is 0 Å². The van der Waals surface area contributed by atoms with Gasteiger partial charge in [0.1, 0.15) is 5.69 Å². The van der Waals surface area contributed by atoms with E-state index in [1.54, 1.807) is 42.5 Å². The van der Waals surface area contributed by atoms with E-state index in [9.17, 15) is 22.8 Å². The third-order valence-electron chi connectivity index (χ3n) is 3.98. The minimum atomic E-state index is -4.60. The second-order valence-corrected chi connectivity index (χ2v) is 6.20. The topological polar surface area (TPSA) is 71.9 Å². The molecule has 0 aliphatic carbocycles. The van der Waals surface area contributed by atoms with Crippen molar-refractivity contribution in [3.63, 3.8) is 0 Å². The van der Waals surface area contributed by atoms with Gasteiger partial charge in [0.05, 0.1) is 17.5 Å². The average molecular weight is 427 g/mol. The van der Waals surface area contributed by atoms with E-state index >= 15 is 0 Å². The molecule has 3 rings (SSSR count). The van der Waals surface area contributed by atoms with Crippen molar-refractivity contribution in [1.82, 2.24) is 4.98 Å². The standard InChI is InChI=1S/C22H16F3N3O3/c23-22(24,25)17-9-6-10-18(13-17)28(27-14-16-7-2-1-3-8-16)20(29)15-31-21(30)19-11-4-5-12-26-19/h1-14H,15H2. The molecule has 2 aromatic carbocycles. The molecule has 0 aliphatic heterocycles. The molecule has 0 atom stereocenters. The van der Waals surface area contributed by atoms with Crippen LogP contribution in [0.3, 0.4) is 0 Å². The number of aromatic nitrogens is 1. The van der Waals surface area contributed by atoms with Gasteiger partial charge in [-0.2, -0.15) is 23.3 Å². The normalized spacial score (nSPS) is 11.3. The van der Waals surface area contributed by atoms with Gasteiger partial charge in [0, 0.05) is 6.20 Å². The van der Waals surface area contributed by atoms with Crippen molar-refractivity contribution in [2.24, 2.45) is 5.10 Å². The molecule has 0 radical (unpaired) electrons. The maximum absolute atomic E-state index is 13.1. The highest BCUT2D eigenvalue weighted by atomic mass is 19.4. The number of halogens is 3. The molecule has 0 unspecified atom stereocenters. The van der Waals surface area contributed by atoms with Crippen molar-refractivity contribution >= 4 is 23.8 Å². The van der Waals surface area contributed by atoms with Crippen LogP contribution in [0.4, 0.5) is 18.9 Å². The van der Waals surface area contributed by atoms with Crippen molar-refractivity contribution in [2.75, 3.05) is 11.6 Å². The molecule has 0 fully saturated rings. The first-order valence-electron chi connectivity index (χ1n) is 9.02. The molecule has 9 heteroatoms. The molecule has 6 nitrogen and oxygen atoms in total. The van der Waals surface area contributed by atoms with Gasteiger partial charge in [-0.3, -0.25) is 4.79 Å². The first-order valence-corrected chi connectivity index (χ1v) is 9.02. The van der Waals surface area contributed by atoms with Crippen LogP contribution in [0.5, 0.6) is 0 Å². The van der Waals surface area contributed by atoms with E-state index in [0.717, 1.165) is 23.2 Å². The number of esters is 1. The number of amides is 1. The third-order valence-corrected chi connectivity index (χ3v) is 3.98. The van der Waals surface area contributed by atoms with E-state index in [1.807, 2.05) is 0 Å². The van der Waals surface area contributed by atoms with Crippen molar-refractivity contribution in [2.45, 2.75) is 6.18 Å². The Morgan fingerprint density at radius 1 is 1.00 bits per heavy atom. The minimum absolute atomic E-state index is 0.00583. The number of rotatable bonds is 6. The van der Waals surface area contributed by atoms with E-state index in [1.165, 1.54) is 24.5 Å². The summed E-state index contributed by atoms with van der Waals surface area (Å²) in [4.78, 5) is 28.5. The fourth-order valence-electron chi connectivity index (χ4n) is 2.50. The summed E-state index contributed by atoms with van der Waals surface area (Å²) in [6, 6.07) is 17.4. The van der Waals surface area contributed by atoms with Gasteiger partial charge >= 0.3 is 12.1 Å². The quantitative estimate of drug-likeness (QED) is 0.334. The van der Waals surface area contributed by atoms with Crippen LogP contribution in [0, 0.1) is 0 Å². The molecule has 1 amide bonds. The number of carbonyl (C=O) groups is 2. The number of pyridine rings is 1. The monoisotopic (exact) mass is 427 g/mol. The number of hydrogen-bond acceptors (Lipinski definition) is 5. The molecule has 0 saturated carbocycles. The van der Waals surface area contributed by atoms with Gasteiger partial charge in [-0.15, -0.1) is 0 Å². The Kier molecular flexibility index (Phi) is 6.76. The van der Waals surface area contributed by atoms with Crippen molar-refractivity contribution in [1.29, 1.82) is 0 Å². The molecular weight excluding hydrogens is 411 g/mol. The van der Waals surface area contributed by atoms with Crippen LogP contribution in [0.25, 0.3) is 0 Å². The van der Waals surface area contributed by atoms with Gasteiger partial charge in [0.25, 0.3) is 5.91 Å². The molecule has 0 N–H and O–H groups in total. The molecule has 1 heterocycles. The number of anilines is 1. The maximum atomic E-state index is 13.1. The highest BCUT2D eigenvalue weighted by Crippen LogP contribution is 2.31. The molecule has 158 valence electrons. The van der Waals surface area contributed by atoms with Gasteiger partial charge < -0.3 is 4.74 Å². The van der Waals surface area contributed by atoms with E-state index in [0.29, 0.717) is 5.56 Å². The zero-order valence-corrected chi connectivity index (χ0v) is 16.0. The minimum Gasteiger partial charge on any atom is -0.451 e. The Morgan fingerprint density at radius 3 is 2.42 bits per heavy atom. The molecule has 0 saturated heterocycles. The van der Waals surface area contributed by atoms with Crippen molar-refractivity contribution in [3.05, 3.63) is 95.8 Å². The summed E-state index contributed by atoms with van der Waals surface area (Å²) in [5.41, 5.74) is -0.449. The van der Waals surface area contributed by atoms with Gasteiger partial charge in [-0.05, 0) is 35.9 Å². The summed E-state index contributed by atoms with van der Waals surface area (Å²) in [6.07, 6.45) is -1.89. The zero-order valence-electron chi connectivity index (χ0n) is 16.0. The Morgan fingerprint density at radius 2 is 1.74 bits per heavy atom. The number of benzene rings is 2. The van der Waals surface area contributed by atoms with Crippen LogP contribution in [0.15, 0.2) is 84.1 Å². The highest BCUT2D eigenvalue weighted by Gasteiger charge is 2.31. The van der Waals surface area contributed by atoms with Crippen LogP contribution in [-0.4, -0.2) is 29.7 Å². The Labute approximate surface area is 175 Å². The summed E-state index contributed by atoms with van der Waals surface area (Å²) in [7, 11) is 0. The first kappa shape index (κ1) is 21.7. The predicted molar refractivity (Wildman–Crippen MR) is 107 cm³/mol. The molecular formula is C22H16F3N3O3. The zero-order chi connectivity index (χ0) is 22.3. The Balaban J connectivity index is 1.84. The van der Waals surface area contributed by atoms with Crippen LogP contribution >= 0.6 is 0 Å². The summed E-state index contributed by atoms with van der Waals surface area (Å²) < 4.78 is 44.3. The molecule has 3 aromatic rings. The van der Waals surface area contributed by atoms with Crippen molar-refractivity contribution in [3.8, 4) is 0 Å². The Bertz CT molecular complexity index is 1070. The van der Waals surface area contributed by atoms with Gasteiger partial charge in [0.2, 0.25) is 0 Å². The van der Waals surface area contributed by atoms with E-state index in [-0.39, 0.29) is 11.4 Å². The lowest BCUT2D eigenvalue weighted by Gasteiger charge is -2.18. The van der Waals surface area contributed by atoms with Crippen molar-refractivity contribution < 1.29 is 27.5 Å². The summed E-state index contributed by atoms with van der Waals surface area (Å²) >= 11 is 0. The third kappa shape index (κ3) is 5.99. The lowest BCUT2D eigenvalue weighted by Crippen LogP contribution is -2.31. The number of carbonyl (C=O) groups excluding carboxylic acids is 2. The fraction of sp³-hybridized carbons (Fsp3) is 0.0909. The van der Waals surface area contributed by atoms with Crippen LogP contribution in [-0.2, 0) is 15.7 Å². The molecule has 0 bridgehead atoms. The van der Waals surface area contributed by atoms with Gasteiger partial charge in [-0.1, -0.05) is 42.5 Å². The largest absolute Gasteiger partial charge is 0.451 e. The molecule has 31 heavy (non-hydrogen) atoms. The first-order chi connectivity index (χ1) is 14.8. The van der Waals surface area contributed by atoms with E-state index < -0.39 is 30.2 Å². The molecule has 0 spiro atoms. The number of hydrazone groups is 1. The molecule has 0 aliphatic rings. The predicted octanol–water partition coefficient (Wildman–Crippen LogP) is 4.32. The number of alkyl halides is 3. The lowest BCUT2D eigenvalue weighted by molar-refractivity contribution is -0.137. The summed E-state index contributed by atoms with van der Waals surface area (Å²) in [5.74, 6) is -1.68. The second-order valence-electron chi connectivity index (χ2n) is 6.20. The average Bonchev–Trinajstić information content (AvgIpc) is 2.78. The summed E-state index contributed by atoms with van der Waals surface area (Å²) in [6.45, 7) is -0.738. The van der Waals surface area contributed by atoms with E-state index in [2.05, 4.69) is 10.1 Å². The second kappa shape index (κ2) is 9.66.